The third-order valence-electron chi connectivity index (χ3n) is 3.25. The molecule has 1 atom stereocenters. The molecule has 5 nitrogen and oxygen atoms in total. The first-order valence-corrected chi connectivity index (χ1v) is 7.00. The summed E-state index contributed by atoms with van der Waals surface area (Å²) in [5.41, 5.74) is 1.77. The Kier molecular flexibility index (Phi) is 5.52. The van der Waals surface area contributed by atoms with E-state index in [0.717, 1.165) is 29.0 Å². The molecule has 0 saturated carbocycles. The largest absolute Gasteiger partial charge is 0.497 e. The first kappa shape index (κ1) is 16.3. The Labute approximate surface area is 134 Å². The van der Waals surface area contributed by atoms with E-state index in [1.54, 1.807) is 7.11 Å². The Morgan fingerprint density at radius 1 is 1.00 bits per heavy atom. The van der Waals surface area contributed by atoms with E-state index in [-0.39, 0.29) is 6.04 Å². The van der Waals surface area contributed by atoms with Gasteiger partial charge in [-0.1, -0.05) is 42.5 Å². The Morgan fingerprint density at radius 3 is 2.17 bits per heavy atom. The number of carbonyl (C=O) groups excluding carboxylic acids is 1. The number of benzene rings is 2. The molecule has 0 unspecified atom stereocenters. The number of hydrogen-bond acceptors (Lipinski definition) is 3. The molecule has 0 aliphatic heterocycles. The maximum atomic E-state index is 11.9. The number of amides is 1. The summed E-state index contributed by atoms with van der Waals surface area (Å²) in [6, 6.07) is 16.4. The molecule has 0 bridgehead atoms. The van der Waals surface area contributed by atoms with Crippen molar-refractivity contribution in [1.82, 2.24) is 5.32 Å². The number of nitrogens with one attached hydrogen (secondary N) is 1. The van der Waals surface area contributed by atoms with Crippen LogP contribution in [0, 0.1) is 0 Å². The third-order valence-corrected chi connectivity index (χ3v) is 3.25. The molecular weight excluding hydrogens is 294 g/mol. The lowest BCUT2D eigenvalue weighted by Crippen LogP contribution is -2.27. The van der Waals surface area contributed by atoms with E-state index < -0.39 is 11.9 Å². The highest BCUT2D eigenvalue weighted by molar-refractivity contribution is 5.94. The fourth-order valence-corrected chi connectivity index (χ4v) is 2.14. The number of ether oxygens (including phenoxy) is 1. The first-order valence-electron chi connectivity index (χ1n) is 7.00. The zero-order chi connectivity index (χ0) is 16.7. The van der Waals surface area contributed by atoms with Gasteiger partial charge < -0.3 is 15.2 Å². The predicted octanol–water partition coefficient (Wildman–Crippen LogP) is 2.54. The molecule has 5 heteroatoms. The zero-order valence-electron chi connectivity index (χ0n) is 12.6. The summed E-state index contributed by atoms with van der Waals surface area (Å²) < 4.78 is 5.14. The van der Waals surface area contributed by atoms with E-state index in [9.17, 15) is 9.59 Å². The quantitative estimate of drug-likeness (QED) is 0.804. The summed E-state index contributed by atoms with van der Waals surface area (Å²) in [7, 11) is 1.59. The maximum absolute atomic E-state index is 11.9. The highest BCUT2D eigenvalue weighted by atomic mass is 16.5. The van der Waals surface area contributed by atoms with Gasteiger partial charge in [-0.25, -0.2) is 4.79 Å². The molecule has 2 aromatic carbocycles. The van der Waals surface area contributed by atoms with Crippen molar-refractivity contribution in [3.05, 3.63) is 77.9 Å². The van der Waals surface area contributed by atoms with Gasteiger partial charge in [0.05, 0.1) is 13.2 Å². The van der Waals surface area contributed by atoms with Crippen LogP contribution in [-0.4, -0.2) is 24.1 Å². The Balaban J connectivity index is 2.28. The Morgan fingerprint density at radius 2 is 1.61 bits per heavy atom. The minimum atomic E-state index is -1.17. The number of carbonyl (C=O) groups is 2. The van der Waals surface area contributed by atoms with Crippen molar-refractivity contribution >= 4 is 11.9 Å². The molecule has 2 rings (SSSR count). The van der Waals surface area contributed by atoms with Gasteiger partial charge in [0.15, 0.2) is 0 Å². The van der Waals surface area contributed by atoms with Crippen LogP contribution in [0.15, 0.2) is 66.7 Å². The van der Waals surface area contributed by atoms with Crippen molar-refractivity contribution in [3.63, 3.8) is 0 Å². The van der Waals surface area contributed by atoms with Crippen molar-refractivity contribution in [2.24, 2.45) is 0 Å². The van der Waals surface area contributed by atoms with Gasteiger partial charge in [-0.15, -0.1) is 0 Å². The normalized spacial score (nSPS) is 11.9. The first-order chi connectivity index (χ1) is 11.1. The Bertz CT molecular complexity index is 693. The molecule has 0 heterocycles. The fourth-order valence-electron chi connectivity index (χ4n) is 2.14. The molecule has 0 aliphatic rings. The van der Waals surface area contributed by atoms with E-state index in [0.29, 0.717) is 0 Å². The second-order valence-corrected chi connectivity index (χ2v) is 4.80. The minimum absolute atomic E-state index is 0.381. The number of carboxylic acid groups (broad SMARTS) is 1. The number of carboxylic acids is 1. The van der Waals surface area contributed by atoms with Crippen molar-refractivity contribution in [2.45, 2.75) is 6.04 Å². The number of rotatable bonds is 6. The summed E-state index contributed by atoms with van der Waals surface area (Å²) in [4.78, 5) is 22.5. The molecule has 2 N–H and O–H groups in total. The van der Waals surface area contributed by atoms with E-state index in [2.05, 4.69) is 5.32 Å². The van der Waals surface area contributed by atoms with Gasteiger partial charge in [0, 0.05) is 12.2 Å². The topological polar surface area (TPSA) is 75.6 Å². The molecule has 0 aromatic heterocycles. The fraction of sp³-hybridized carbons (Fsp3) is 0.111. The molecule has 1 amide bonds. The van der Waals surface area contributed by atoms with E-state index in [1.165, 1.54) is 0 Å². The zero-order valence-corrected chi connectivity index (χ0v) is 12.6. The highest BCUT2D eigenvalue weighted by Gasteiger charge is 2.15. The standard InChI is InChI=1S/C18H17NO4/c1-23-15-9-7-14(8-10-15)18(13-5-3-2-4-6-13)19-16(20)11-12-17(21)22/h2-12,18H,1H3,(H,19,20)(H,21,22)/t18-/m0/s1. The van der Waals surface area contributed by atoms with Crippen LogP contribution in [0.5, 0.6) is 5.75 Å². The molecule has 0 spiro atoms. The average molecular weight is 311 g/mol. The number of methoxy groups -OCH3 is 1. The molecule has 0 fully saturated rings. The summed E-state index contributed by atoms with van der Waals surface area (Å²) in [6.07, 6.45) is 1.81. The van der Waals surface area contributed by atoms with Crippen LogP contribution in [0.2, 0.25) is 0 Å². The summed E-state index contributed by atoms with van der Waals surface area (Å²) in [5.74, 6) is -0.921. The predicted molar refractivity (Wildman–Crippen MR) is 86.2 cm³/mol. The van der Waals surface area contributed by atoms with Crippen molar-refractivity contribution in [3.8, 4) is 5.75 Å². The molecule has 0 saturated heterocycles. The maximum Gasteiger partial charge on any atom is 0.328 e. The van der Waals surface area contributed by atoms with Crippen LogP contribution in [0.25, 0.3) is 0 Å². The Hall–Kier alpha value is -3.08. The molecule has 2 aromatic rings. The minimum Gasteiger partial charge on any atom is -0.497 e. The average Bonchev–Trinajstić information content (AvgIpc) is 2.59. The van der Waals surface area contributed by atoms with Gasteiger partial charge in [-0.05, 0) is 23.3 Å². The molecule has 0 aliphatic carbocycles. The smallest absolute Gasteiger partial charge is 0.328 e. The molecular formula is C18H17NO4. The lowest BCUT2D eigenvalue weighted by Gasteiger charge is -2.19. The van der Waals surface area contributed by atoms with Crippen LogP contribution in [0.4, 0.5) is 0 Å². The molecule has 118 valence electrons. The van der Waals surface area contributed by atoms with Gasteiger partial charge in [0.25, 0.3) is 0 Å². The number of aliphatic carboxylic acids is 1. The van der Waals surface area contributed by atoms with Gasteiger partial charge in [0.2, 0.25) is 5.91 Å². The monoisotopic (exact) mass is 311 g/mol. The summed E-state index contributed by atoms with van der Waals surface area (Å²) >= 11 is 0. The van der Waals surface area contributed by atoms with Gasteiger partial charge in [-0.3, -0.25) is 4.79 Å². The van der Waals surface area contributed by atoms with Gasteiger partial charge >= 0.3 is 5.97 Å². The molecule has 0 radical (unpaired) electrons. The van der Waals surface area contributed by atoms with E-state index in [1.807, 2.05) is 54.6 Å². The van der Waals surface area contributed by atoms with E-state index >= 15 is 0 Å². The van der Waals surface area contributed by atoms with Crippen molar-refractivity contribution in [1.29, 1.82) is 0 Å². The van der Waals surface area contributed by atoms with Crippen LogP contribution < -0.4 is 10.1 Å². The molecule has 23 heavy (non-hydrogen) atoms. The second-order valence-electron chi connectivity index (χ2n) is 4.80. The summed E-state index contributed by atoms with van der Waals surface area (Å²) in [6.45, 7) is 0. The SMILES string of the molecule is COc1ccc([C@@H](NC(=O)C=CC(=O)O)c2ccccc2)cc1. The second kappa shape index (κ2) is 7.79. The van der Waals surface area contributed by atoms with Gasteiger partial charge in [0.1, 0.15) is 5.75 Å². The van der Waals surface area contributed by atoms with Crippen LogP contribution in [0.1, 0.15) is 17.2 Å². The van der Waals surface area contributed by atoms with E-state index in [4.69, 9.17) is 9.84 Å². The van der Waals surface area contributed by atoms with Crippen LogP contribution >= 0.6 is 0 Å². The van der Waals surface area contributed by atoms with Crippen molar-refractivity contribution in [2.75, 3.05) is 7.11 Å². The third kappa shape index (κ3) is 4.71. The highest BCUT2D eigenvalue weighted by Crippen LogP contribution is 2.24. The van der Waals surface area contributed by atoms with Crippen molar-refractivity contribution < 1.29 is 19.4 Å². The number of hydrogen-bond donors (Lipinski definition) is 2. The summed E-state index contributed by atoms with van der Waals surface area (Å²) in [5, 5.41) is 11.4. The lowest BCUT2D eigenvalue weighted by molar-refractivity contribution is -0.131. The van der Waals surface area contributed by atoms with Gasteiger partial charge in [-0.2, -0.15) is 0 Å². The van der Waals surface area contributed by atoms with Crippen LogP contribution in [-0.2, 0) is 9.59 Å². The lowest BCUT2D eigenvalue weighted by atomic mass is 9.98. The van der Waals surface area contributed by atoms with Crippen LogP contribution in [0.3, 0.4) is 0 Å².